The van der Waals surface area contributed by atoms with Crippen LogP contribution in [0.4, 0.5) is 24.7 Å². The molecule has 9 heteroatoms. The van der Waals surface area contributed by atoms with E-state index in [4.69, 9.17) is 0 Å². The van der Waals surface area contributed by atoms with Gasteiger partial charge < -0.3 is 10.1 Å². The Hall–Kier alpha value is -3.33. The van der Waals surface area contributed by atoms with Crippen molar-refractivity contribution in [3.8, 4) is 11.3 Å². The van der Waals surface area contributed by atoms with Gasteiger partial charge in [0.05, 0.1) is 12.8 Å². The van der Waals surface area contributed by atoms with E-state index in [-0.39, 0.29) is 27.8 Å². The van der Waals surface area contributed by atoms with Crippen molar-refractivity contribution in [2.75, 3.05) is 18.7 Å². The maximum Gasteiger partial charge on any atom is 0.330 e. The van der Waals surface area contributed by atoms with Crippen molar-refractivity contribution in [3.05, 3.63) is 71.6 Å². The fourth-order valence-electron chi connectivity index (χ4n) is 2.61. The lowest BCUT2D eigenvalue weighted by molar-refractivity contribution is -0.134. The summed E-state index contributed by atoms with van der Waals surface area (Å²) >= 11 is 1.17. The lowest BCUT2D eigenvalue weighted by atomic mass is 10.0. The number of rotatable bonds is 6. The van der Waals surface area contributed by atoms with Gasteiger partial charge in [-0.15, -0.1) is 0 Å². The van der Waals surface area contributed by atoms with Crippen molar-refractivity contribution in [2.45, 2.75) is 5.16 Å². The Bertz CT molecular complexity index is 1100. The topological polar surface area (TPSA) is 64.1 Å². The molecular weight excluding hydrogens is 415 g/mol. The number of hydrogen-bond acceptors (Lipinski definition) is 6. The van der Waals surface area contributed by atoms with Gasteiger partial charge in [-0.1, -0.05) is 30.0 Å². The Labute approximate surface area is 175 Å². The maximum atomic E-state index is 14.5. The number of benzene rings is 2. The number of esters is 1. The number of nitrogens with zero attached hydrogens (tertiary/aromatic N) is 2. The minimum absolute atomic E-state index is 0.00300. The van der Waals surface area contributed by atoms with E-state index in [1.54, 1.807) is 12.3 Å². The smallest absolute Gasteiger partial charge is 0.330 e. The average Bonchev–Trinajstić information content (AvgIpc) is 2.75. The van der Waals surface area contributed by atoms with Crippen LogP contribution in [0.5, 0.6) is 0 Å². The largest absolute Gasteiger partial charge is 0.466 e. The number of nitrogens with one attached hydrogen (secondary N) is 1. The molecule has 0 saturated heterocycles. The lowest BCUT2D eigenvalue weighted by Gasteiger charge is -2.15. The van der Waals surface area contributed by atoms with Gasteiger partial charge in [0.2, 0.25) is 0 Å². The Kier molecular flexibility index (Phi) is 6.73. The molecule has 1 N–H and O–H groups in total. The van der Waals surface area contributed by atoms with Crippen molar-refractivity contribution in [3.63, 3.8) is 0 Å². The molecule has 0 aliphatic rings. The molecule has 3 aromatic rings. The van der Waals surface area contributed by atoms with E-state index in [9.17, 15) is 18.0 Å². The minimum atomic E-state index is -0.838. The summed E-state index contributed by atoms with van der Waals surface area (Å²) in [5.74, 6) is -2.91. The molecule has 0 spiro atoms. The monoisotopic (exact) mass is 431 g/mol. The van der Waals surface area contributed by atoms with Gasteiger partial charge >= 0.3 is 5.97 Å². The summed E-state index contributed by atoms with van der Waals surface area (Å²) < 4.78 is 47.5. The standard InChI is InChI=1S/C21H16F3N3O2S/c1-29-17(28)11-10-13-18(12-6-3-4-7-14(12)22)26-21(30-2)27-20(13)25-19-15(23)8-5-9-16(19)24/h3-11H,1-2H3,(H,25,26,27)/b11-10+. The molecule has 0 saturated carbocycles. The number of halogens is 3. The Morgan fingerprint density at radius 2 is 1.70 bits per heavy atom. The summed E-state index contributed by atoms with van der Waals surface area (Å²) in [5.41, 5.74) is 0.00466. The Morgan fingerprint density at radius 3 is 2.33 bits per heavy atom. The molecule has 0 aliphatic carbocycles. The van der Waals surface area contributed by atoms with Crippen molar-refractivity contribution in [1.82, 2.24) is 9.97 Å². The molecule has 30 heavy (non-hydrogen) atoms. The second kappa shape index (κ2) is 9.45. The highest BCUT2D eigenvalue weighted by atomic mass is 32.2. The first-order valence-corrected chi connectivity index (χ1v) is 9.85. The summed E-state index contributed by atoms with van der Waals surface area (Å²) in [6, 6.07) is 9.31. The van der Waals surface area contributed by atoms with Crippen molar-refractivity contribution < 1.29 is 22.7 Å². The first-order chi connectivity index (χ1) is 14.4. The molecular formula is C21H16F3N3O2S. The number of aromatic nitrogens is 2. The number of para-hydroxylation sites is 1. The summed E-state index contributed by atoms with van der Waals surface area (Å²) in [5, 5.41) is 2.85. The van der Waals surface area contributed by atoms with E-state index in [2.05, 4.69) is 20.0 Å². The minimum Gasteiger partial charge on any atom is -0.466 e. The van der Waals surface area contributed by atoms with Crippen LogP contribution >= 0.6 is 11.8 Å². The maximum absolute atomic E-state index is 14.5. The highest BCUT2D eigenvalue weighted by Gasteiger charge is 2.19. The SMILES string of the molecule is COC(=O)/C=C/c1c(Nc2c(F)cccc2F)nc(SC)nc1-c1ccccc1F. The number of hydrogen-bond donors (Lipinski definition) is 1. The van der Waals surface area contributed by atoms with Gasteiger partial charge in [0.1, 0.15) is 29.0 Å². The molecule has 3 rings (SSSR count). The highest BCUT2D eigenvalue weighted by Crippen LogP contribution is 2.34. The van der Waals surface area contributed by atoms with Gasteiger partial charge in [-0.2, -0.15) is 0 Å². The first kappa shape index (κ1) is 21.4. The number of methoxy groups -OCH3 is 1. The Balaban J connectivity index is 2.26. The van der Waals surface area contributed by atoms with Crippen LogP contribution < -0.4 is 5.32 Å². The van der Waals surface area contributed by atoms with Crippen LogP contribution in [-0.2, 0) is 9.53 Å². The van der Waals surface area contributed by atoms with E-state index in [0.717, 1.165) is 18.2 Å². The van der Waals surface area contributed by atoms with Gasteiger partial charge in [-0.25, -0.2) is 27.9 Å². The molecule has 0 fully saturated rings. The molecule has 0 bridgehead atoms. The molecule has 0 amide bonds. The zero-order valence-corrected chi connectivity index (χ0v) is 16.8. The van der Waals surface area contributed by atoms with Crippen LogP contribution in [0.2, 0.25) is 0 Å². The third-order valence-electron chi connectivity index (χ3n) is 4.03. The molecule has 0 atom stereocenters. The first-order valence-electron chi connectivity index (χ1n) is 8.62. The summed E-state index contributed by atoms with van der Waals surface area (Å²) in [6.45, 7) is 0. The van der Waals surface area contributed by atoms with E-state index in [0.29, 0.717) is 0 Å². The number of carbonyl (C=O) groups is 1. The lowest BCUT2D eigenvalue weighted by Crippen LogP contribution is -2.06. The van der Waals surface area contributed by atoms with E-state index in [1.807, 2.05) is 0 Å². The second-order valence-corrected chi connectivity index (χ2v) is 6.65. The van der Waals surface area contributed by atoms with E-state index in [1.165, 1.54) is 49.2 Å². The fourth-order valence-corrected chi connectivity index (χ4v) is 2.97. The van der Waals surface area contributed by atoms with Gasteiger partial charge in [0.15, 0.2) is 5.16 Å². The predicted octanol–water partition coefficient (Wildman–Crippen LogP) is 5.21. The quantitative estimate of drug-likeness (QED) is 0.250. The highest BCUT2D eigenvalue weighted by molar-refractivity contribution is 7.98. The normalized spacial score (nSPS) is 11.0. The van der Waals surface area contributed by atoms with Crippen molar-refractivity contribution in [1.29, 1.82) is 0 Å². The zero-order valence-electron chi connectivity index (χ0n) is 15.9. The van der Waals surface area contributed by atoms with Crippen molar-refractivity contribution in [2.24, 2.45) is 0 Å². The number of thioether (sulfide) groups is 1. The van der Waals surface area contributed by atoms with Crippen LogP contribution in [0.1, 0.15) is 5.56 Å². The zero-order chi connectivity index (χ0) is 21.7. The molecule has 1 aromatic heterocycles. The predicted molar refractivity (Wildman–Crippen MR) is 110 cm³/mol. The van der Waals surface area contributed by atoms with Crippen LogP contribution in [0.15, 0.2) is 53.7 Å². The molecule has 0 radical (unpaired) electrons. The molecule has 5 nitrogen and oxygen atoms in total. The van der Waals surface area contributed by atoms with Gasteiger partial charge in [-0.05, 0) is 36.6 Å². The third kappa shape index (κ3) is 4.62. The van der Waals surface area contributed by atoms with E-state index < -0.39 is 29.1 Å². The summed E-state index contributed by atoms with van der Waals surface area (Å²) in [6.07, 6.45) is 4.10. The van der Waals surface area contributed by atoms with Crippen LogP contribution in [-0.4, -0.2) is 29.3 Å². The van der Waals surface area contributed by atoms with Gasteiger partial charge in [0.25, 0.3) is 0 Å². The van der Waals surface area contributed by atoms with Crippen LogP contribution in [0, 0.1) is 17.5 Å². The Morgan fingerprint density at radius 1 is 1.03 bits per heavy atom. The molecule has 1 heterocycles. The second-order valence-electron chi connectivity index (χ2n) is 5.88. The number of carbonyl (C=O) groups excluding carboxylic acids is 1. The molecule has 2 aromatic carbocycles. The van der Waals surface area contributed by atoms with E-state index >= 15 is 0 Å². The number of ether oxygens (including phenoxy) is 1. The molecule has 154 valence electrons. The fraction of sp³-hybridized carbons (Fsp3) is 0.0952. The average molecular weight is 431 g/mol. The van der Waals surface area contributed by atoms with Crippen LogP contribution in [0.3, 0.4) is 0 Å². The summed E-state index contributed by atoms with van der Waals surface area (Å²) in [4.78, 5) is 20.3. The molecule has 0 aliphatic heterocycles. The van der Waals surface area contributed by atoms with Crippen LogP contribution in [0.25, 0.3) is 17.3 Å². The van der Waals surface area contributed by atoms with Crippen molar-refractivity contribution >= 4 is 35.3 Å². The number of anilines is 2. The molecule has 0 unspecified atom stereocenters. The van der Waals surface area contributed by atoms with Gasteiger partial charge in [0, 0.05) is 17.2 Å². The summed E-state index contributed by atoms with van der Waals surface area (Å²) in [7, 11) is 1.20. The third-order valence-corrected chi connectivity index (χ3v) is 4.58. The van der Waals surface area contributed by atoms with Gasteiger partial charge in [-0.3, -0.25) is 0 Å².